The van der Waals surface area contributed by atoms with Crippen LogP contribution >= 0.6 is 22.9 Å². The van der Waals surface area contributed by atoms with Crippen molar-refractivity contribution in [1.82, 2.24) is 14.8 Å². The molecule has 1 fully saturated rings. The molecular formula is C10H16ClN3S. The van der Waals surface area contributed by atoms with Crippen LogP contribution in [0.15, 0.2) is 5.38 Å². The zero-order chi connectivity index (χ0) is 10.7. The number of aromatic nitrogens is 1. The fraction of sp³-hybridized carbons (Fsp3) is 0.700. The van der Waals surface area contributed by atoms with Gasteiger partial charge in [-0.3, -0.25) is 4.90 Å². The first-order valence-electron chi connectivity index (χ1n) is 5.25. The van der Waals surface area contributed by atoms with Crippen LogP contribution in [0.4, 0.5) is 0 Å². The van der Waals surface area contributed by atoms with Gasteiger partial charge in [0.2, 0.25) is 0 Å². The van der Waals surface area contributed by atoms with Crippen molar-refractivity contribution < 1.29 is 0 Å². The third kappa shape index (κ3) is 3.41. The Bertz CT molecular complexity index is 315. The van der Waals surface area contributed by atoms with E-state index < -0.39 is 0 Å². The van der Waals surface area contributed by atoms with E-state index in [1.807, 2.05) is 0 Å². The Kier molecular flexibility index (Phi) is 3.97. The highest BCUT2D eigenvalue weighted by Crippen LogP contribution is 2.16. The average Bonchev–Trinajstić information content (AvgIpc) is 2.48. The lowest BCUT2D eigenvalue weighted by Gasteiger charge is -2.18. The van der Waals surface area contributed by atoms with E-state index in [0.717, 1.165) is 25.3 Å². The molecule has 0 spiro atoms. The van der Waals surface area contributed by atoms with Gasteiger partial charge in [0.1, 0.15) is 0 Å². The van der Waals surface area contributed by atoms with E-state index in [-0.39, 0.29) is 0 Å². The maximum absolute atomic E-state index is 5.81. The molecule has 1 aromatic rings. The van der Waals surface area contributed by atoms with E-state index in [2.05, 4.69) is 27.2 Å². The lowest BCUT2D eigenvalue weighted by atomic mass is 10.3. The summed E-state index contributed by atoms with van der Waals surface area (Å²) in [5.74, 6) is 0. The van der Waals surface area contributed by atoms with Gasteiger partial charge in [-0.05, 0) is 26.6 Å². The largest absolute Gasteiger partial charge is 0.305 e. The number of halogens is 1. The van der Waals surface area contributed by atoms with Crippen LogP contribution in [0.3, 0.4) is 0 Å². The van der Waals surface area contributed by atoms with Crippen LogP contribution in [-0.2, 0) is 6.54 Å². The summed E-state index contributed by atoms with van der Waals surface area (Å²) in [6.07, 6.45) is 1.24. The summed E-state index contributed by atoms with van der Waals surface area (Å²) in [6.45, 7) is 5.59. The molecule has 3 nitrogen and oxygen atoms in total. The zero-order valence-corrected chi connectivity index (χ0v) is 10.5. The first-order valence-corrected chi connectivity index (χ1v) is 6.50. The molecule has 0 radical (unpaired) electrons. The second-order valence-electron chi connectivity index (χ2n) is 4.02. The van der Waals surface area contributed by atoms with Gasteiger partial charge < -0.3 is 4.90 Å². The smallest absolute Gasteiger partial charge is 0.183 e. The lowest BCUT2D eigenvalue weighted by molar-refractivity contribution is 0.267. The maximum atomic E-state index is 5.81. The summed E-state index contributed by atoms with van der Waals surface area (Å²) >= 11 is 7.33. The van der Waals surface area contributed by atoms with Gasteiger partial charge in [0.15, 0.2) is 4.47 Å². The fourth-order valence-corrected chi connectivity index (χ4v) is 2.61. The van der Waals surface area contributed by atoms with Crippen LogP contribution in [0.25, 0.3) is 0 Å². The van der Waals surface area contributed by atoms with Gasteiger partial charge in [-0.15, -0.1) is 11.3 Å². The molecule has 1 saturated heterocycles. The van der Waals surface area contributed by atoms with Crippen molar-refractivity contribution in [2.45, 2.75) is 13.0 Å². The second kappa shape index (κ2) is 5.25. The van der Waals surface area contributed by atoms with Crippen LogP contribution in [0.1, 0.15) is 12.1 Å². The Labute approximate surface area is 99.7 Å². The van der Waals surface area contributed by atoms with Crippen molar-refractivity contribution in [2.24, 2.45) is 0 Å². The van der Waals surface area contributed by atoms with Crippen LogP contribution < -0.4 is 0 Å². The van der Waals surface area contributed by atoms with Gasteiger partial charge in [-0.25, -0.2) is 4.98 Å². The van der Waals surface area contributed by atoms with Crippen LogP contribution in [-0.4, -0.2) is 48.0 Å². The lowest BCUT2D eigenvalue weighted by Crippen LogP contribution is -2.28. The molecule has 15 heavy (non-hydrogen) atoms. The number of thiazole rings is 1. The molecule has 0 aliphatic carbocycles. The summed E-state index contributed by atoms with van der Waals surface area (Å²) in [7, 11) is 2.18. The van der Waals surface area contributed by atoms with Crippen molar-refractivity contribution in [1.29, 1.82) is 0 Å². The minimum Gasteiger partial charge on any atom is -0.305 e. The normalized spacial score (nSPS) is 20.4. The highest BCUT2D eigenvalue weighted by Gasteiger charge is 2.13. The van der Waals surface area contributed by atoms with Gasteiger partial charge in [0, 0.05) is 25.0 Å². The third-order valence-electron chi connectivity index (χ3n) is 2.72. The van der Waals surface area contributed by atoms with Gasteiger partial charge in [-0.2, -0.15) is 0 Å². The second-order valence-corrected chi connectivity index (χ2v) is 5.46. The van der Waals surface area contributed by atoms with E-state index in [1.54, 1.807) is 0 Å². The van der Waals surface area contributed by atoms with Crippen LogP contribution in [0.5, 0.6) is 0 Å². The molecule has 0 aromatic carbocycles. The third-order valence-corrected chi connectivity index (χ3v) is 3.75. The van der Waals surface area contributed by atoms with E-state index in [0.29, 0.717) is 4.47 Å². The Morgan fingerprint density at radius 1 is 1.40 bits per heavy atom. The summed E-state index contributed by atoms with van der Waals surface area (Å²) in [5, 5.41) is 2.05. The summed E-state index contributed by atoms with van der Waals surface area (Å²) in [5.41, 5.74) is 1.11. The molecule has 2 heterocycles. The van der Waals surface area contributed by atoms with Crippen molar-refractivity contribution in [3.8, 4) is 0 Å². The fourth-order valence-electron chi connectivity index (χ4n) is 1.84. The Balaban J connectivity index is 1.88. The Morgan fingerprint density at radius 2 is 2.27 bits per heavy atom. The maximum Gasteiger partial charge on any atom is 0.183 e. The van der Waals surface area contributed by atoms with Gasteiger partial charge in [0.25, 0.3) is 0 Å². The highest BCUT2D eigenvalue weighted by molar-refractivity contribution is 7.13. The highest BCUT2D eigenvalue weighted by atomic mass is 35.5. The molecule has 5 heteroatoms. The van der Waals surface area contributed by atoms with Gasteiger partial charge in [-0.1, -0.05) is 11.6 Å². The van der Waals surface area contributed by atoms with Gasteiger partial charge >= 0.3 is 0 Å². The number of hydrogen-bond donors (Lipinski definition) is 0. The number of hydrogen-bond acceptors (Lipinski definition) is 4. The predicted molar refractivity (Wildman–Crippen MR) is 64.5 cm³/mol. The van der Waals surface area contributed by atoms with Crippen molar-refractivity contribution in [2.75, 3.05) is 33.2 Å². The Morgan fingerprint density at radius 3 is 3.00 bits per heavy atom. The van der Waals surface area contributed by atoms with Crippen molar-refractivity contribution in [3.05, 3.63) is 15.5 Å². The van der Waals surface area contributed by atoms with Crippen molar-refractivity contribution in [3.63, 3.8) is 0 Å². The molecule has 1 aliphatic heterocycles. The van der Waals surface area contributed by atoms with Gasteiger partial charge in [0.05, 0.1) is 5.69 Å². The minimum atomic E-state index is 0.650. The molecule has 0 bridgehead atoms. The van der Waals surface area contributed by atoms with E-state index >= 15 is 0 Å². The monoisotopic (exact) mass is 245 g/mol. The predicted octanol–water partition coefficient (Wildman–Crippen LogP) is 1.93. The molecular weight excluding hydrogens is 230 g/mol. The number of nitrogens with zero attached hydrogens (tertiary/aromatic N) is 3. The first-order chi connectivity index (χ1) is 7.24. The molecule has 2 rings (SSSR count). The summed E-state index contributed by atoms with van der Waals surface area (Å²) in [6, 6.07) is 0. The molecule has 0 atom stereocenters. The Hall–Kier alpha value is -0.160. The molecule has 0 unspecified atom stereocenters. The summed E-state index contributed by atoms with van der Waals surface area (Å²) in [4.78, 5) is 9.12. The average molecular weight is 246 g/mol. The molecule has 1 aliphatic rings. The standard InChI is InChI=1S/C10H16ClN3S/c1-13-3-2-4-14(6-5-13)7-9-8-15-10(11)12-9/h8H,2-7H2,1H3. The topological polar surface area (TPSA) is 19.4 Å². The SMILES string of the molecule is CN1CCCN(Cc2csc(Cl)n2)CC1. The van der Waals surface area contributed by atoms with Crippen LogP contribution in [0.2, 0.25) is 4.47 Å². The minimum absolute atomic E-state index is 0.650. The van der Waals surface area contributed by atoms with E-state index in [9.17, 15) is 0 Å². The van der Waals surface area contributed by atoms with E-state index in [4.69, 9.17) is 11.6 Å². The molecule has 0 N–H and O–H groups in total. The molecule has 0 saturated carbocycles. The van der Waals surface area contributed by atoms with Crippen LogP contribution in [0, 0.1) is 0 Å². The van der Waals surface area contributed by atoms with Crippen molar-refractivity contribution >= 4 is 22.9 Å². The first kappa shape index (κ1) is 11.3. The summed E-state index contributed by atoms with van der Waals surface area (Å²) < 4.78 is 0.650. The quantitative estimate of drug-likeness (QED) is 0.794. The van der Waals surface area contributed by atoms with E-state index in [1.165, 1.54) is 30.8 Å². The zero-order valence-electron chi connectivity index (χ0n) is 8.95. The number of likely N-dealkylation sites (N-methyl/N-ethyl adjacent to an activating group) is 1. The molecule has 1 aromatic heterocycles. The molecule has 0 amide bonds. The molecule has 84 valence electrons. The number of rotatable bonds is 2.